The summed E-state index contributed by atoms with van der Waals surface area (Å²) in [6, 6.07) is 8.45. The highest BCUT2D eigenvalue weighted by atomic mass is 32.1. The van der Waals surface area contributed by atoms with E-state index in [4.69, 9.17) is 0 Å². The molecule has 2 unspecified atom stereocenters. The lowest BCUT2D eigenvalue weighted by molar-refractivity contribution is -0.152. The number of nitriles is 1. The molecule has 2 heterocycles. The summed E-state index contributed by atoms with van der Waals surface area (Å²) in [6.07, 6.45) is 5.58. The van der Waals surface area contributed by atoms with Gasteiger partial charge in [0.2, 0.25) is 0 Å². The molecule has 0 spiro atoms. The van der Waals surface area contributed by atoms with Gasteiger partial charge in [0, 0.05) is 4.88 Å². The maximum atomic E-state index is 12.9. The van der Waals surface area contributed by atoms with E-state index in [-0.39, 0.29) is 28.5 Å². The van der Waals surface area contributed by atoms with Gasteiger partial charge >= 0.3 is 12.6 Å². The first-order chi connectivity index (χ1) is 17.4. The average molecular weight is 533 g/mol. The summed E-state index contributed by atoms with van der Waals surface area (Å²) in [5.74, 6) is 0.297. The van der Waals surface area contributed by atoms with Crippen molar-refractivity contribution in [1.82, 2.24) is 4.98 Å². The molecule has 37 heavy (non-hydrogen) atoms. The normalized spacial score (nSPS) is 24.5. The Labute approximate surface area is 222 Å². The predicted molar refractivity (Wildman–Crippen MR) is 142 cm³/mol. The van der Waals surface area contributed by atoms with E-state index in [1.807, 2.05) is 18.2 Å². The van der Waals surface area contributed by atoms with Crippen LogP contribution < -0.4 is 4.74 Å². The molecule has 0 bridgehead atoms. The standard InChI is InChI=1S/C29H38F2N2O3S/c1-6-13-29(26(34)35)15-19(18(2)14-20(16-29)28(3,4)5)7-9-22-10-12-24(37-22)25-23(36-27(30)31)11-8-21(17-32)33-25/h8,10-12,18-20,27H,6-7,9,13-16H2,1-5H3,(H,34,35)/t18?,19?,20-,29-/m0/s1. The molecular weight excluding hydrogens is 494 g/mol. The second kappa shape index (κ2) is 11.9. The highest BCUT2D eigenvalue weighted by Crippen LogP contribution is 2.51. The van der Waals surface area contributed by atoms with E-state index in [0.717, 1.165) is 37.0 Å². The van der Waals surface area contributed by atoms with Gasteiger partial charge in [-0.2, -0.15) is 14.0 Å². The van der Waals surface area contributed by atoms with Crippen LogP contribution in [0, 0.1) is 39.9 Å². The molecule has 0 amide bonds. The van der Waals surface area contributed by atoms with Crippen LogP contribution in [0.25, 0.3) is 10.6 Å². The van der Waals surface area contributed by atoms with Crippen LogP contribution in [-0.2, 0) is 11.2 Å². The molecular formula is C29H38F2N2O3S. The number of alkyl halides is 2. The van der Waals surface area contributed by atoms with Crippen molar-refractivity contribution >= 4 is 17.3 Å². The van der Waals surface area contributed by atoms with Crippen molar-refractivity contribution in [3.8, 4) is 22.4 Å². The van der Waals surface area contributed by atoms with Gasteiger partial charge in [0.05, 0.1) is 10.3 Å². The molecule has 2 aromatic rings. The molecule has 1 aliphatic rings. The Bertz CT molecular complexity index is 1120. The van der Waals surface area contributed by atoms with Crippen LogP contribution in [-0.4, -0.2) is 22.7 Å². The Morgan fingerprint density at radius 2 is 2.03 bits per heavy atom. The van der Waals surface area contributed by atoms with Crippen LogP contribution in [0.1, 0.15) is 83.7 Å². The van der Waals surface area contributed by atoms with Crippen molar-refractivity contribution in [2.45, 2.75) is 86.2 Å². The molecule has 1 saturated carbocycles. The quantitative estimate of drug-likeness (QED) is 0.329. The minimum absolute atomic E-state index is 0.0449. The Morgan fingerprint density at radius 3 is 2.62 bits per heavy atom. The van der Waals surface area contributed by atoms with Gasteiger partial charge in [-0.3, -0.25) is 4.79 Å². The minimum atomic E-state index is -2.99. The number of ether oxygens (including phenoxy) is 1. The summed E-state index contributed by atoms with van der Waals surface area (Å²) in [4.78, 5) is 18.6. The topological polar surface area (TPSA) is 83.2 Å². The fourth-order valence-corrected chi connectivity index (χ4v) is 6.85. The molecule has 3 rings (SSSR count). The van der Waals surface area contributed by atoms with E-state index in [1.54, 1.807) is 0 Å². The van der Waals surface area contributed by atoms with Crippen molar-refractivity contribution in [2.24, 2.45) is 28.6 Å². The van der Waals surface area contributed by atoms with Crippen LogP contribution >= 0.6 is 11.3 Å². The van der Waals surface area contributed by atoms with E-state index < -0.39 is 18.0 Å². The number of halogens is 2. The zero-order chi connectivity index (χ0) is 27.4. The van der Waals surface area contributed by atoms with Gasteiger partial charge < -0.3 is 9.84 Å². The third kappa shape index (κ3) is 7.07. The van der Waals surface area contributed by atoms with Gasteiger partial charge in [0.1, 0.15) is 17.5 Å². The third-order valence-electron chi connectivity index (χ3n) is 8.00. The largest absolute Gasteiger partial charge is 0.481 e. The molecule has 0 aromatic carbocycles. The summed E-state index contributed by atoms with van der Waals surface area (Å²) >= 11 is 1.45. The molecule has 1 fully saturated rings. The molecule has 2 aromatic heterocycles. The molecule has 1 aliphatic carbocycles. The van der Waals surface area contributed by atoms with Crippen LogP contribution in [0.3, 0.4) is 0 Å². The second-order valence-electron chi connectivity index (χ2n) is 11.6. The van der Waals surface area contributed by atoms with Crippen molar-refractivity contribution in [3.05, 3.63) is 34.8 Å². The number of hydrogen-bond donors (Lipinski definition) is 1. The number of rotatable bonds is 9. The summed E-state index contributed by atoms with van der Waals surface area (Å²) in [5.41, 5.74) is -0.290. The number of nitrogens with zero attached hydrogens (tertiary/aromatic N) is 2. The lowest BCUT2D eigenvalue weighted by Crippen LogP contribution is -2.36. The van der Waals surface area contributed by atoms with E-state index in [1.165, 1.54) is 23.5 Å². The number of carbonyl (C=O) groups is 1. The fourth-order valence-electron chi connectivity index (χ4n) is 5.84. The number of aromatic nitrogens is 1. The molecule has 8 heteroatoms. The lowest BCUT2D eigenvalue weighted by Gasteiger charge is -2.37. The molecule has 0 saturated heterocycles. The Kier molecular flexibility index (Phi) is 9.33. The first-order valence-electron chi connectivity index (χ1n) is 13.1. The summed E-state index contributed by atoms with van der Waals surface area (Å²) < 4.78 is 30.5. The van der Waals surface area contributed by atoms with E-state index in [9.17, 15) is 23.9 Å². The van der Waals surface area contributed by atoms with Crippen molar-refractivity contribution in [1.29, 1.82) is 5.26 Å². The average Bonchev–Trinajstić information content (AvgIpc) is 3.23. The number of carboxylic acids is 1. The summed E-state index contributed by atoms with van der Waals surface area (Å²) in [5, 5.41) is 19.6. The lowest BCUT2D eigenvalue weighted by atomic mass is 9.67. The van der Waals surface area contributed by atoms with Crippen LogP contribution in [0.4, 0.5) is 8.78 Å². The first-order valence-corrected chi connectivity index (χ1v) is 13.9. The molecule has 0 radical (unpaired) electrons. The first kappa shape index (κ1) is 29.0. The van der Waals surface area contributed by atoms with Gasteiger partial charge in [-0.15, -0.1) is 11.3 Å². The SMILES string of the molecule is CCC[C@]1(C(=O)O)CC(CCc2ccc(-c3nc(C#N)ccc3OC(F)F)s2)C(C)C[C@H](C(C)(C)C)C1. The smallest absolute Gasteiger partial charge is 0.387 e. The van der Waals surface area contributed by atoms with Crippen LogP contribution in [0.5, 0.6) is 5.75 Å². The minimum Gasteiger partial charge on any atom is -0.481 e. The third-order valence-corrected chi connectivity index (χ3v) is 9.16. The monoisotopic (exact) mass is 532 g/mol. The van der Waals surface area contributed by atoms with Gasteiger partial charge in [0.15, 0.2) is 5.75 Å². The van der Waals surface area contributed by atoms with Crippen LogP contribution in [0.15, 0.2) is 24.3 Å². The Balaban J connectivity index is 1.83. The summed E-state index contributed by atoms with van der Waals surface area (Å²) in [6.45, 7) is 8.00. The number of aryl methyl sites for hydroxylation is 1. The maximum absolute atomic E-state index is 12.9. The van der Waals surface area contributed by atoms with Gasteiger partial charge in [-0.1, -0.05) is 41.0 Å². The van der Waals surface area contributed by atoms with Crippen molar-refractivity contribution < 1.29 is 23.4 Å². The van der Waals surface area contributed by atoms with Gasteiger partial charge in [0.25, 0.3) is 0 Å². The maximum Gasteiger partial charge on any atom is 0.387 e. The highest BCUT2D eigenvalue weighted by molar-refractivity contribution is 7.15. The zero-order valence-electron chi connectivity index (χ0n) is 22.4. The number of hydrogen-bond acceptors (Lipinski definition) is 5. The zero-order valence-corrected chi connectivity index (χ0v) is 23.2. The number of carboxylic acid groups (broad SMARTS) is 1. The summed E-state index contributed by atoms with van der Waals surface area (Å²) in [7, 11) is 0. The molecule has 1 N–H and O–H groups in total. The van der Waals surface area contributed by atoms with Crippen molar-refractivity contribution in [2.75, 3.05) is 0 Å². The fraction of sp³-hybridized carbons (Fsp3) is 0.621. The highest BCUT2D eigenvalue weighted by Gasteiger charge is 2.47. The molecule has 0 aliphatic heterocycles. The second-order valence-corrected chi connectivity index (χ2v) is 12.8. The van der Waals surface area contributed by atoms with Crippen LogP contribution in [0.2, 0.25) is 0 Å². The van der Waals surface area contributed by atoms with Crippen molar-refractivity contribution in [3.63, 3.8) is 0 Å². The Morgan fingerprint density at radius 1 is 1.30 bits per heavy atom. The molecule has 4 atom stereocenters. The van der Waals surface area contributed by atoms with E-state index in [0.29, 0.717) is 29.6 Å². The molecule has 5 nitrogen and oxygen atoms in total. The number of thiophene rings is 1. The number of pyridine rings is 1. The van der Waals surface area contributed by atoms with E-state index >= 15 is 0 Å². The van der Waals surface area contributed by atoms with E-state index in [2.05, 4.69) is 44.3 Å². The number of aliphatic carboxylic acids is 1. The van der Waals surface area contributed by atoms with Gasteiger partial charge in [-0.25, -0.2) is 4.98 Å². The predicted octanol–water partition coefficient (Wildman–Crippen LogP) is 8.19. The van der Waals surface area contributed by atoms with Gasteiger partial charge in [-0.05, 0) is 86.0 Å². The molecule has 202 valence electrons. The Hall–Kier alpha value is -2.53.